The smallest absolute Gasteiger partial charge is 0.266 e. The molecule has 1 saturated heterocycles. The number of nitrogens with zero attached hydrogens (tertiary/aromatic N) is 3. The van der Waals surface area contributed by atoms with Crippen molar-refractivity contribution in [1.82, 2.24) is 10.1 Å². The van der Waals surface area contributed by atoms with Crippen molar-refractivity contribution in [3.8, 4) is 0 Å². The number of amides is 1. The molecule has 0 unspecified atom stereocenters. The van der Waals surface area contributed by atoms with Crippen LogP contribution in [0.25, 0.3) is 0 Å². The Morgan fingerprint density at radius 3 is 2.81 bits per heavy atom. The lowest BCUT2D eigenvalue weighted by Crippen LogP contribution is -2.22. The molecule has 0 aliphatic carbocycles. The van der Waals surface area contributed by atoms with Crippen LogP contribution in [0.2, 0.25) is 0 Å². The van der Waals surface area contributed by atoms with Gasteiger partial charge in [-0.1, -0.05) is 0 Å². The molecule has 4 N–H and O–H groups in total. The summed E-state index contributed by atoms with van der Waals surface area (Å²) in [6, 6.07) is -0.610. The minimum Gasteiger partial charge on any atom is -0.370 e. The van der Waals surface area contributed by atoms with Gasteiger partial charge in [0, 0.05) is 13.1 Å². The van der Waals surface area contributed by atoms with Crippen LogP contribution < -0.4 is 16.4 Å². The topological polar surface area (TPSA) is 111 Å². The van der Waals surface area contributed by atoms with Crippen molar-refractivity contribution in [3.63, 3.8) is 0 Å². The molecule has 1 aliphatic rings. The number of nitrogens with two attached hydrogens (primary N) is 2. The standard InChI is InChI=1S/C9H15N5O2/c10-6(5-7(11)15)8-12-9(13-16-8)14-3-1-2-4-14/h6H,1-5,10H2,(H2,11,15)/t6-/m0/s1. The zero-order valence-corrected chi connectivity index (χ0v) is 8.93. The summed E-state index contributed by atoms with van der Waals surface area (Å²) in [5.74, 6) is 0.335. The molecular formula is C9H15N5O2. The van der Waals surface area contributed by atoms with Gasteiger partial charge in [-0.05, 0) is 18.0 Å². The highest BCUT2D eigenvalue weighted by Gasteiger charge is 2.21. The molecule has 1 amide bonds. The van der Waals surface area contributed by atoms with E-state index in [2.05, 4.69) is 10.1 Å². The van der Waals surface area contributed by atoms with Crippen LogP contribution in [0, 0.1) is 0 Å². The van der Waals surface area contributed by atoms with Crippen LogP contribution in [0.15, 0.2) is 4.52 Å². The Labute approximate surface area is 92.8 Å². The lowest BCUT2D eigenvalue weighted by Gasteiger charge is -2.09. The lowest BCUT2D eigenvalue weighted by atomic mass is 10.2. The Hall–Kier alpha value is -1.63. The number of hydrogen-bond acceptors (Lipinski definition) is 6. The van der Waals surface area contributed by atoms with Crippen molar-refractivity contribution in [1.29, 1.82) is 0 Å². The van der Waals surface area contributed by atoms with E-state index >= 15 is 0 Å². The zero-order chi connectivity index (χ0) is 11.5. The molecule has 1 aliphatic heterocycles. The third-order valence-electron chi connectivity index (χ3n) is 2.56. The van der Waals surface area contributed by atoms with Gasteiger partial charge in [-0.15, -0.1) is 0 Å². The van der Waals surface area contributed by atoms with E-state index in [9.17, 15) is 4.79 Å². The van der Waals surface area contributed by atoms with E-state index in [1.165, 1.54) is 0 Å². The second kappa shape index (κ2) is 4.48. The quantitative estimate of drug-likeness (QED) is 0.717. The Morgan fingerprint density at radius 1 is 1.50 bits per heavy atom. The number of carbonyl (C=O) groups excluding carboxylic acids is 1. The molecule has 0 aromatic carbocycles. The number of primary amides is 1. The summed E-state index contributed by atoms with van der Waals surface area (Å²) in [6.07, 6.45) is 2.29. The average Bonchev–Trinajstić information content (AvgIpc) is 2.87. The van der Waals surface area contributed by atoms with Gasteiger partial charge in [-0.2, -0.15) is 4.98 Å². The maximum atomic E-state index is 10.7. The SMILES string of the molecule is NC(=O)C[C@H](N)c1nc(N2CCCC2)no1. The third-order valence-corrected chi connectivity index (χ3v) is 2.56. The van der Waals surface area contributed by atoms with Crippen LogP contribution in [0.3, 0.4) is 0 Å². The summed E-state index contributed by atoms with van der Waals surface area (Å²) in [4.78, 5) is 16.9. The highest BCUT2D eigenvalue weighted by molar-refractivity contribution is 5.74. The van der Waals surface area contributed by atoms with Gasteiger partial charge >= 0.3 is 0 Å². The maximum absolute atomic E-state index is 10.7. The van der Waals surface area contributed by atoms with Crippen LogP contribution in [-0.2, 0) is 4.79 Å². The second-order valence-electron chi connectivity index (χ2n) is 3.90. The molecule has 2 rings (SSSR count). The Bertz CT molecular complexity index is 372. The molecular weight excluding hydrogens is 210 g/mol. The number of aromatic nitrogens is 2. The number of carbonyl (C=O) groups is 1. The largest absolute Gasteiger partial charge is 0.370 e. The first-order valence-corrected chi connectivity index (χ1v) is 5.29. The normalized spacial score (nSPS) is 17.7. The number of anilines is 1. The van der Waals surface area contributed by atoms with Crippen molar-refractivity contribution >= 4 is 11.9 Å². The molecule has 7 nitrogen and oxygen atoms in total. The van der Waals surface area contributed by atoms with Crippen molar-refractivity contribution in [2.24, 2.45) is 11.5 Å². The summed E-state index contributed by atoms with van der Waals surface area (Å²) in [6.45, 7) is 1.87. The van der Waals surface area contributed by atoms with E-state index in [1.54, 1.807) is 0 Å². The predicted molar refractivity (Wildman–Crippen MR) is 56.5 cm³/mol. The van der Waals surface area contributed by atoms with Gasteiger partial charge < -0.3 is 20.9 Å². The highest BCUT2D eigenvalue weighted by Crippen LogP contribution is 2.19. The van der Waals surface area contributed by atoms with Crippen molar-refractivity contribution in [2.45, 2.75) is 25.3 Å². The van der Waals surface area contributed by atoms with Crippen LogP contribution in [0.4, 0.5) is 5.95 Å². The van der Waals surface area contributed by atoms with Gasteiger partial charge in [0.25, 0.3) is 5.95 Å². The van der Waals surface area contributed by atoms with E-state index in [-0.39, 0.29) is 12.3 Å². The molecule has 0 spiro atoms. The molecule has 1 aromatic heterocycles. The van der Waals surface area contributed by atoms with Crippen LogP contribution >= 0.6 is 0 Å². The molecule has 7 heteroatoms. The molecule has 88 valence electrons. The molecule has 0 radical (unpaired) electrons. The minimum atomic E-state index is -0.610. The molecule has 0 saturated carbocycles. The number of rotatable bonds is 4. The van der Waals surface area contributed by atoms with Gasteiger partial charge in [0.1, 0.15) is 0 Å². The van der Waals surface area contributed by atoms with Crippen molar-refractivity contribution in [3.05, 3.63) is 5.89 Å². The monoisotopic (exact) mass is 225 g/mol. The fourth-order valence-corrected chi connectivity index (χ4v) is 1.73. The van der Waals surface area contributed by atoms with E-state index in [0.717, 1.165) is 25.9 Å². The van der Waals surface area contributed by atoms with Gasteiger partial charge in [0.2, 0.25) is 11.8 Å². The first-order chi connectivity index (χ1) is 7.66. The van der Waals surface area contributed by atoms with Gasteiger partial charge in [0.15, 0.2) is 0 Å². The maximum Gasteiger partial charge on any atom is 0.266 e. The number of hydrogen-bond donors (Lipinski definition) is 2. The van der Waals surface area contributed by atoms with E-state index in [4.69, 9.17) is 16.0 Å². The Balaban J connectivity index is 2.03. The lowest BCUT2D eigenvalue weighted by molar-refractivity contribution is -0.118. The van der Waals surface area contributed by atoms with Crippen LogP contribution in [-0.4, -0.2) is 29.1 Å². The van der Waals surface area contributed by atoms with Crippen LogP contribution in [0.1, 0.15) is 31.2 Å². The van der Waals surface area contributed by atoms with E-state index in [1.807, 2.05) is 4.90 Å². The third kappa shape index (κ3) is 2.30. The molecule has 16 heavy (non-hydrogen) atoms. The van der Waals surface area contributed by atoms with Gasteiger partial charge in [-0.25, -0.2) is 0 Å². The molecule has 2 heterocycles. The second-order valence-corrected chi connectivity index (χ2v) is 3.90. The molecule has 1 atom stereocenters. The van der Waals surface area contributed by atoms with E-state index < -0.39 is 11.9 Å². The van der Waals surface area contributed by atoms with Gasteiger partial charge in [-0.3, -0.25) is 4.79 Å². The summed E-state index contributed by atoms with van der Waals surface area (Å²) < 4.78 is 5.00. The average molecular weight is 225 g/mol. The summed E-state index contributed by atoms with van der Waals surface area (Å²) in [5.41, 5.74) is 10.7. The Kier molecular flexibility index (Phi) is 3.04. The van der Waals surface area contributed by atoms with E-state index in [0.29, 0.717) is 5.95 Å². The Morgan fingerprint density at radius 2 is 2.19 bits per heavy atom. The van der Waals surface area contributed by atoms with Crippen molar-refractivity contribution < 1.29 is 9.32 Å². The van der Waals surface area contributed by atoms with Crippen molar-refractivity contribution in [2.75, 3.05) is 18.0 Å². The highest BCUT2D eigenvalue weighted by atomic mass is 16.5. The first kappa shape index (κ1) is 10.9. The minimum absolute atomic E-state index is 0.0155. The summed E-state index contributed by atoms with van der Waals surface area (Å²) in [5, 5.41) is 3.83. The first-order valence-electron chi connectivity index (χ1n) is 5.29. The fraction of sp³-hybridized carbons (Fsp3) is 0.667. The molecule has 0 bridgehead atoms. The molecule has 1 fully saturated rings. The van der Waals surface area contributed by atoms with Crippen LogP contribution in [0.5, 0.6) is 0 Å². The summed E-state index contributed by atoms with van der Waals surface area (Å²) >= 11 is 0. The summed E-state index contributed by atoms with van der Waals surface area (Å²) in [7, 11) is 0. The molecule has 1 aromatic rings. The van der Waals surface area contributed by atoms with Gasteiger partial charge in [0.05, 0.1) is 12.5 Å². The fourth-order valence-electron chi connectivity index (χ4n) is 1.73. The zero-order valence-electron chi connectivity index (χ0n) is 8.93. The predicted octanol–water partition coefficient (Wildman–Crippen LogP) is -0.455.